The quantitative estimate of drug-likeness (QED) is 0.665. The van der Waals surface area contributed by atoms with Gasteiger partial charge in [-0.1, -0.05) is 0 Å². The Kier molecular flexibility index (Phi) is 3.95. The van der Waals surface area contributed by atoms with Gasteiger partial charge >= 0.3 is 12.0 Å². The Hall–Kier alpha value is -2.92. The summed E-state index contributed by atoms with van der Waals surface area (Å²) in [7, 11) is 0. The monoisotopic (exact) mass is 315 g/mol. The molecule has 2 heterocycles. The largest absolute Gasteiger partial charge is 0.475 e. The van der Waals surface area contributed by atoms with Crippen LogP contribution in [0.3, 0.4) is 0 Å². The third kappa shape index (κ3) is 3.14. The lowest BCUT2D eigenvalue weighted by atomic mass is 9.97. The van der Waals surface area contributed by atoms with Crippen molar-refractivity contribution in [1.29, 1.82) is 0 Å². The Labute approximate surface area is 131 Å². The number of nitrogens with one attached hydrogen (secondary N) is 1. The first-order valence-electron chi connectivity index (χ1n) is 7.27. The van der Waals surface area contributed by atoms with Crippen molar-refractivity contribution >= 4 is 34.6 Å². The molecule has 0 aliphatic carbocycles. The van der Waals surface area contributed by atoms with Gasteiger partial charge in [0.05, 0.1) is 5.92 Å². The summed E-state index contributed by atoms with van der Waals surface area (Å²) >= 11 is 0. The number of furan rings is 1. The van der Waals surface area contributed by atoms with Crippen LogP contribution in [-0.2, 0) is 9.59 Å². The summed E-state index contributed by atoms with van der Waals surface area (Å²) < 4.78 is 6.71. The van der Waals surface area contributed by atoms with E-state index in [1.54, 1.807) is 18.2 Å². The highest BCUT2D eigenvalue weighted by atomic mass is 16.4. The van der Waals surface area contributed by atoms with E-state index in [2.05, 4.69) is 5.32 Å². The molecule has 0 atom stereocenters. The lowest BCUT2D eigenvalue weighted by molar-refractivity contribution is -0.536. The summed E-state index contributed by atoms with van der Waals surface area (Å²) in [6.07, 6.45) is 3.06. The average molecular weight is 315 g/mol. The Morgan fingerprint density at radius 2 is 2.00 bits per heavy atom. The van der Waals surface area contributed by atoms with Crippen LogP contribution < -0.4 is 5.32 Å². The maximum atomic E-state index is 12.3. The molecule has 2 aromatic rings. The van der Waals surface area contributed by atoms with Gasteiger partial charge in [-0.05, 0) is 24.3 Å². The summed E-state index contributed by atoms with van der Waals surface area (Å²) in [5, 5.41) is 12.4. The number of piperidine rings is 1. The van der Waals surface area contributed by atoms with Crippen LogP contribution in [0.15, 0.2) is 28.7 Å². The number of hydrogen-bond donors (Lipinski definition) is 2. The molecule has 1 aliphatic rings. The number of isocyanates is 1. The van der Waals surface area contributed by atoms with Crippen molar-refractivity contribution < 1.29 is 28.5 Å². The topological polar surface area (TPSA) is 99.6 Å². The van der Waals surface area contributed by atoms with Crippen molar-refractivity contribution in [3.8, 4) is 0 Å². The zero-order valence-corrected chi connectivity index (χ0v) is 12.2. The fourth-order valence-corrected chi connectivity index (χ4v) is 2.70. The molecule has 118 valence electrons. The maximum absolute atomic E-state index is 12.3. The Morgan fingerprint density at radius 1 is 1.26 bits per heavy atom. The van der Waals surface area contributed by atoms with Crippen LogP contribution in [0.25, 0.3) is 11.0 Å². The lowest BCUT2D eigenvalue weighted by Gasteiger charge is -2.18. The molecule has 1 aromatic carbocycles. The Balaban J connectivity index is 1.72. The number of amides is 1. The minimum Gasteiger partial charge on any atom is -0.475 e. The summed E-state index contributed by atoms with van der Waals surface area (Å²) in [6.45, 7) is 1.06. The molecule has 0 bridgehead atoms. The van der Waals surface area contributed by atoms with Gasteiger partial charge < -0.3 is 14.8 Å². The molecule has 0 spiro atoms. The van der Waals surface area contributed by atoms with Crippen molar-refractivity contribution in [3.05, 3.63) is 30.0 Å². The molecule has 2 N–H and O–H groups in total. The molecule has 23 heavy (non-hydrogen) atoms. The van der Waals surface area contributed by atoms with E-state index in [1.807, 2.05) is 6.08 Å². The normalized spacial score (nSPS) is 17.7. The summed E-state index contributed by atoms with van der Waals surface area (Å²) in [6, 6.07) is 6.40. The third-order valence-electron chi connectivity index (χ3n) is 3.99. The van der Waals surface area contributed by atoms with Crippen LogP contribution in [-0.4, -0.2) is 40.7 Å². The summed E-state index contributed by atoms with van der Waals surface area (Å²) in [5.74, 6) is -1.52. The second kappa shape index (κ2) is 6.06. The fraction of sp³-hybridized carbons (Fsp3) is 0.312. The van der Waals surface area contributed by atoms with Crippen LogP contribution in [0.5, 0.6) is 0 Å². The standard InChI is InChI=1S/C16H14N2O5/c19-9-18-5-3-10(4-6-18)15(20)17-12-1-2-13-11(7-12)8-14(23-13)16(21)22/h1-2,7-8,10H,3-6H2,(H-,17,20,21,22)/p+1. The van der Waals surface area contributed by atoms with Crippen molar-refractivity contribution in [2.45, 2.75) is 12.8 Å². The van der Waals surface area contributed by atoms with E-state index in [0.717, 1.165) is 0 Å². The molecule has 0 saturated carbocycles. The van der Waals surface area contributed by atoms with Gasteiger partial charge in [0.2, 0.25) is 11.7 Å². The molecule has 1 fully saturated rings. The molecule has 7 heteroatoms. The molecular weight excluding hydrogens is 300 g/mol. The van der Waals surface area contributed by atoms with Crippen LogP contribution >= 0.6 is 0 Å². The minimum absolute atomic E-state index is 0.100. The lowest BCUT2D eigenvalue weighted by Crippen LogP contribution is -2.33. The van der Waals surface area contributed by atoms with Crippen LogP contribution in [0, 0.1) is 5.92 Å². The summed E-state index contributed by atoms with van der Waals surface area (Å²) in [4.78, 5) is 33.7. The predicted molar refractivity (Wildman–Crippen MR) is 80.2 cm³/mol. The van der Waals surface area contributed by atoms with Gasteiger partial charge in [-0.2, -0.15) is 9.37 Å². The van der Waals surface area contributed by atoms with E-state index in [-0.39, 0.29) is 17.6 Å². The van der Waals surface area contributed by atoms with Crippen molar-refractivity contribution in [2.24, 2.45) is 5.92 Å². The number of hydrogen-bond acceptors (Lipinski definition) is 4. The molecular formula is C16H15N2O5+. The van der Waals surface area contributed by atoms with Gasteiger partial charge in [-0.25, -0.2) is 4.79 Å². The first-order chi connectivity index (χ1) is 11.1. The van der Waals surface area contributed by atoms with Crippen molar-refractivity contribution in [3.63, 3.8) is 0 Å². The number of rotatable bonds is 3. The SMILES string of the molecule is O=C=[N+]1CCC(C(=O)Nc2ccc3oc(C(=O)O)cc3c2)CC1. The van der Waals surface area contributed by atoms with Gasteiger partial charge in [0.1, 0.15) is 5.58 Å². The molecule has 0 unspecified atom stereocenters. The smallest absolute Gasteiger partial charge is 0.424 e. The van der Waals surface area contributed by atoms with Crippen LogP contribution in [0.1, 0.15) is 23.4 Å². The number of carbonyl (C=O) groups is 2. The highest BCUT2D eigenvalue weighted by Crippen LogP contribution is 2.24. The maximum Gasteiger partial charge on any atom is 0.424 e. The number of anilines is 1. The Bertz CT molecular complexity index is 822. The number of carbonyl (C=O) groups excluding carboxylic acids is 2. The average Bonchev–Trinajstić information content (AvgIpc) is 2.98. The predicted octanol–water partition coefficient (Wildman–Crippen LogP) is 1.83. The highest BCUT2D eigenvalue weighted by molar-refractivity contribution is 5.96. The van der Waals surface area contributed by atoms with Gasteiger partial charge in [0.15, 0.2) is 13.1 Å². The first kappa shape index (κ1) is 15.0. The number of fused-ring (bicyclic) bond motifs is 1. The zero-order valence-electron chi connectivity index (χ0n) is 12.2. The second-order valence-electron chi connectivity index (χ2n) is 5.51. The van der Waals surface area contributed by atoms with Gasteiger partial charge in [-0.15, -0.1) is 0 Å². The van der Waals surface area contributed by atoms with Crippen LogP contribution in [0.2, 0.25) is 0 Å². The first-order valence-corrected chi connectivity index (χ1v) is 7.27. The minimum atomic E-state index is -1.13. The van der Waals surface area contributed by atoms with Gasteiger partial charge in [0, 0.05) is 23.9 Å². The molecule has 1 aliphatic heterocycles. The number of benzene rings is 1. The van der Waals surface area contributed by atoms with E-state index >= 15 is 0 Å². The van der Waals surface area contributed by atoms with E-state index in [1.165, 1.54) is 10.6 Å². The van der Waals surface area contributed by atoms with E-state index in [4.69, 9.17) is 9.52 Å². The van der Waals surface area contributed by atoms with Gasteiger partial charge in [0.25, 0.3) is 0 Å². The molecule has 1 amide bonds. The third-order valence-corrected chi connectivity index (χ3v) is 3.99. The fourth-order valence-electron chi connectivity index (χ4n) is 2.70. The Morgan fingerprint density at radius 3 is 2.65 bits per heavy atom. The molecule has 3 rings (SSSR count). The number of aromatic carboxylic acids is 1. The number of nitrogens with zero attached hydrogens (tertiary/aromatic N) is 1. The van der Waals surface area contributed by atoms with E-state index < -0.39 is 5.97 Å². The molecule has 7 nitrogen and oxygen atoms in total. The van der Waals surface area contributed by atoms with Crippen molar-refractivity contribution in [1.82, 2.24) is 0 Å². The number of carboxylic acids is 1. The summed E-state index contributed by atoms with van der Waals surface area (Å²) in [5.41, 5.74) is 1.04. The molecule has 1 aromatic heterocycles. The van der Waals surface area contributed by atoms with E-state index in [9.17, 15) is 14.4 Å². The van der Waals surface area contributed by atoms with E-state index in [0.29, 0.717) is 42.6 Å². The molecule has 1 saturated heterocycles. The van der Waals surface area contributed by atoms with Crippen LogP contribution in [0.4, 0.5) is 5.69 Å². The number of carboxylic acid groups (broad SMARTS) is 1. The highest BCUT2D eigenvalue weighted by Gasteiger charge is 2.27. The second-order valence-corrected chi connectivity index (χ2v) is 5.51. The van der Waals surface area contributed by atoms with Gasteiger partial charge in [-0.3, -0.25) is 4.79 Å². The van der Waals surface area contributed by atoms with Crippen molar-refractivity contribution in [2.75, 3.05) is 18.4 Å². The molecule has 0 radical (unpaired) electrons. The zero-order chi connectivity index (χ0) is 16.4.